The summed E-state index contributed by atoms with van der Waals surface area (Å²) in [5, 5.41) is 18.3. The van der Waals surface area contributed by atoms with Crippen molar-refractivity contribution in [3.8, 4) is 10.6 Å². The molecule has 0 spiro atoms. The normalized spacial score (nSPS) is 17.1. The van der Waals surface area contributed by atoms with Crippen molar-refractivity contribution in [1.29, 1.82) is 0 Å². The molecule has 126 valence electrons. The molecule has 6 nitrogen and oxygen atoms in total. The van der Waals surface area contributed by atoms with Gasteiger partial charge in [-0.3, -0.25) is 0 Å². The highest BCUT2D eigenvalue weighted by Gasteiger charge is 2.22. The average molecular weight is 343 g/mol. The van der Waals surface area contributed by atoms with Crippen LogP contribution in [0, 0.1) is 5.92 Å². The van der Waals surface area contributed by atoms with Crippen LogP contribution in [0.2, 0.25) is 0 Å². The molecule has 0 saturated heterocycles. The van der Waals surface area contributed by atoms with Gasteiger partial charge in [0.2, 0.25) is 0 Å². The maximum absolute atomic E-state index is 5.42. The highest BCUT2D eigenvalue weighted by molar-refractivity contribution is 7.13. The molecule has 0 radical (unpaired) electrons. The molecule has 0 bridgehead atoms. The highest BCUT2D eigenvalue weighted by atomic mass is 32.1. The largest absolute Gasteiger partial charge is 0.355 e. The zero-order valence-corrected chi connectivity index (χ0v) is 14.6. The van der Waals surface area contributed by atoms with Crippen LogP contribution >= 0.6 is 11.3 Å². The Morgan fingerprint density at radius 1 is 1.42 bits per heavy atom. The number of nitrogens with one attached hydrogen (secondary N) is 1. The lowest BCUT2D eigenvalue weighted by atomic mass is 9.99. The van der Waals surface area contributed by atoms with E-state index in [1.165, 1.54) is 0 Å². The highest BCUT2D eigenvalue weighted by Crippen LogP contribution is 2.25. The predicted octanol–water partition coefficient (Wildman–Crippen LogP) is 2.91. The van der Waals surface area contributed by atoms with Crippen LogP contribution in [0.1, 0.15) is 30.7 Å². The van der Waals surface area contributed by atoms with Crippen molar-refractivity contribution in [2.24, 2.45) is 5.92 Å². The topological polar surface area (TPSA) is 68.8 Å². The Hall–Kier alpha value is -1.99. The molecule has 3 aromatic rings. The summed E-state index contributed by atoms with van der Waals surface area (Å²) in [6, 6.07) is 6.09. The molecule has 1 aliphatic heterocycles. The maximum atomic E-state index is 5.42. The predicted molar refractivity (Wildman–Crippen MR) is 92.7 cm³/mol. The summed E-state index contributed by atoms with van der Waals surface area (Å²) < 4.78 is 7.71. The lowest BCUT2D eigenvalue weighted by Gasteiger charge is -2.24. The van der Waals surface area contributed by atoms with Gasteiger partial charge in [0.05, 0.1) is 10.6 Å². The molecule has 0 aromatic carbocycles. The van der Waals surface area contributed by atoms with Crippen LogP contribution < -0.4 is 5.32 Å². The number of hydrogen-bond donors (Lipinski definition) is 1. The molecule has 0 aliphatic carbocycles. The zero-order valence-electron chi connectivity index (χ0n) is 13.7. The number of hydrogen-bond acceptors (Lipinski definition) is 6. The molecule has 1 aliphatic rings. The molecule has 0 fully saturated rings. The van der Waals surface area contributed by atoms with Crippen LogP contribution in [0.4, 0.5) is 0 Å². The molecule has 1 atom stereocenters. The summed E-state index contributed by atoms with van der Waals surface area (Å²) in [6.07, 6.45) is 3.12. The van der Waals surface area contributed by atoms with Gasteiger partial charge in [-0.2, -0.15) is 0 Å². The molecule has 1 N–H and O–H groups in total. The van der Waals surface area contributed by atoms with Crippen LogP contribution in [-0.2, 0) is 25.9 Å². The summed E-state index contributed by atoms with van der Waals surface area (Å²) >= 11 is 1.66. The van der Waals surface area contributed by atoms with Crippen LogP contribution in [0.3, 0.4) is 0 Å². The molecular weight excluding hydrogens is 322 g/mol. The lowest BCUT2D eigenvalue weighted by Crippen LogP contribution is -2.30. The standard InChI is InChI=1S/C17H21N5OS/c1-2-16-19-20-17-6-5-12(11-22(16)17)9-18-10-13-8-14(23-21-13)15-4-3-7-24-15/h3-4,7-8,12,18H,2,5-6,9-11H2,1H3. The van der Waals surface area contributed by atoms with E-state index < -0.39 is 0 Å². The summed E-state index contributed by atoms with van der Waals surface area (Å²) in [5.41, 5.74) is 0.952. The molecule has 24 heavy (non-hydrogen) atoms. The van der Waals surface area contributed by atoms with Gasteiger partial charge in [-0.15, -0.1) is 21.5 Å². The zero-order chi connectivity index (χ0) is 16.4. The fourth-order valence-electron chi connectivity index (χ4n) is 3.21. The first kappa shape index (κ1) is 15.5. The van der Waals surface area contributed by atoms with E-state index in [1.807, 2.05) is 23.6 Å². The van der Waals surface area contributed by atoms with Gasteiger partial charge in [0.1, 0.15) is 11.6 Å². The summed E-state index contributed by atoms with van der Waals surface area (Å²) in [4.78, 5) is 1.12. The van der Waals surface area contributed by atoms with Crippen LogP contribution in [-0.4, -0.2) is 26.5 Å². The van der Waals surface area contributed by atoms with Crippen molar-refractivity contribution in [1.82, 2.24) is 25.2 Å². The minimum absolute atomic E-state index is 0.613. The van der Waals surface area contributed by atoms with Gasteiger partial charge >= 0.3 is 0 Å². The Morgan fingerprint density at radius 2 is 2.38 bits per heavy atom. The first-order valence-corrected chi connectivity index (χ1v) is 9.32. The monoisotopic (exact) mass is 343 g/mol. The first-order valence-electron chi connectivity index (χ1n) is 8.44. The molecule has 4 rings (SSSR count). The van der Waals surface area contributed by atoms with Gasteiger partial charge in [0.15, 0.2) is 5.76 Å². The maximum Gasteiger partial charge on any atom is 0.177 e. The van der Waals surface area contributed by atoms with Crippen molar-refractivity contribution >= 4 is 11.3 Å². The van der Waals surface area contributed by atoms with E-state index in [-0.39, 0.29) is 0 Å². The molecule has 3 aromatic heterocycles. The Labute approximate surface area is 144 Å². The van der Waals surface area contributed by atoms with Gasteiger partial charge in [0, 0.05) is 38.5 Å². The number of nitrogens with zero attached hydrogens (tertiary/aromatic N) is 4. The molecule has 7 heteroatoms. The minimum Gasteiger partial charge on any atom is -0.355 e. The number of rotatable bonds is 6. The molecule has 0 amide bonds. The van der Waals surface area contributed by atoms with E-state index in [0.717, 1.165) is 66.9 Å². The molecule has 1 unspecified atom stereocenters. The molecule has 0 saturated carbocycles. The van der Waals surface area contributed by atoms with Crippen LogP contribution in [0.15, 0.2) is 28.1 Å². The summed E-state index contributed by atoms with van der Waals surface area (Å²) in [5.74, 6) is 3.70. The minimum atomic E-state index is 0.613. The third-order valence-corrected chi connectivity index (χ3v) is 5.38. The molecular formula is C17H21N5OS. The van der Waals surface area contributed by atoms with Gasteiger partial charge in [-0.25, -0.2) is 0 Å². The fourth-order valence-corrected chi connectivity index (χ4v) is 3.89. The van der Waals surface area contributed by atoms with Gasteiger partial charge < -0.3 is 14.4 Å². The quantitative estimate of drug-likeness (QED) is 0.745. The Kier molecular flexibility index (Phi) is 4.44. The number of thiophene rings is 1. The SMILES string of the molecule is CCc1nnc2n1CC(CNCc1cc(-c3cccs3)on1)CC2. The lowest BCUT2D eigenvalue weighted by molar-refractivity contribution is 0.340. The van der Waals surface area contributed by atoms with Crippen molar-refractivity contribution in [3.63, 3.8) is 0 Å². The van der Waals surface area contributed by atoms with E-state index in [1.54, 1.807) is 11.3 Å². The second kappa shape index (κ2) is 6.86. The second-order valence-electron chi connectivity index (χ2n) is 6.19. The van der Waals surface area contributed by atoms with Crippen molar-refractivity contribution in [2.75, 3.05) is 6.54 Å². The third-order valence-electron chi connectivity index (χ3n) is 4.50. The van der Waals surface area contributed by atoms with E-state index in [0.29, 0.717) is 5.92 Å². The number of aryl methyl sites for hydroxylation is 2. The van der Waals surface area contributed by atoms with Gasteiger partial charge in [-0.1, -0.05) is 18.1 Å². The Balaban J connectivity index is 1.30. The van der Waals surface area contributed by atoms with Crippen LogP contribution in [0.25, 0.3) is 10.6 Å². The first-order chi connectivity index (χ1) is 11.8. The van der Waals surface area contributed by atoms with E-state index in [4.69, 9.17) is 4.52 Å². The fraction of sp³-hybridized carbons (Fsp3) is 0.471. The van der Waals surface area contributed by atoms with Crippen LogP contribution in [0.5, 0.6) is 0 Å². The second-order valence-corrected chi connectivity index (χ2v) is 7.14. The van der Waals surface area contributed by atoms with E-state index >= 15 is 0 Å². The van der Waals surface area contributed by atoms with E-state index in [2.05, 4.69) is 32.2 Å². The average Bonchev–Trinajstić information content (AvgIpc) is 3.34. The Morgan fingerprint density at radius 3 is 3.21 bits per heavy atom. The number of aromatic nitrogens is 4. The smallest absolute Gasteiger partial charge is 0.177 e. The summed E-state index contributed by atoms with van der Waals surface area (Å²) in [7, 11) is 0. The van der Waals surface area contributed by atoms with E-state index in [9.17, 15) is 0 Å². The van der Waals surface area contributed by atoms with Crippen molar-refractivity contribution < 1.29 is 4.52 Å². The van der Waals surface area contributed by atoms with Gasteiger partial charge in [-0.05, 0) is 23.8 Å². The Bertz CT molecular complexity index is 778. The number of fused-ring (bicyclic) bond motifs is 1. The van der Waals surface area contributed by atoms with Crippen molar-refractivity contribution in [2.45, 2.75) is 39.3 Å². The van der Waals surface area contributed by atoms with Gasteiger partial charge in [0.25, 0.3) is 0 Å². The van der Waals surface area contributed by atoms with Crippen molar-refractivity contribution in [3.05, 3.63) is 40.9 Å². The molecule has 4 heterocycles. The third kappa shape index (κ3) is 3.14. The summed E-state index contributed by atoms with van der Waals surface area (Å²) in [6.45, 7) is 4.86.